The Hall–Kier alpha value is -1.36. The standard InChI is InChI=1S/C13H22N4O/c1-9(2)16-13(18)10(3)17-8-14-7-12(17)11-5-4-6-15-11/h7-11,15H,4-6H2,1-3H3,(H,16,18)/t10?,11-/m0/s1. The molecule has 1 aromatic rings. The summed E-state index contributed by atoms with van der Waals surface area (Å²) in [5, 5.41) is 6.38. The zero-order valence-electron chi connectivity index (χ0n) is 11.3. The van der Waals surface area contributed by atoms with Crippen molar-refractivity contribution in [2.24, 2.45) is 0 Å². The lowest BCUT2D eigenvalue weighted by Crippen LogP contribution is -2.36. The minimum absolute atomic E-state index is 0.0437. The number of aromatic nitrogens is 2. The monoisotopic (exact) mass is 250 g/mol. The van der Waals surface area contributed by atoms with Crippen molar-refractivity contribution >= 4 is 5.91 Å². The third kappa shape index (κ3) is 2.72. The maximum atomic E-state index is 12.0. The normalized spacial score (nSPS) is 21.2. The SMILES string of the molecule is CC(C)NC(=O)C(C)n1cncc1[C@@H]1CCCN1. The fourth-order valence-electron chi connectivity index (χ4n) is 2.38. The summed E-state index contributed by atoms with van der Waals surface area (Å²) in [7, 11) is 0. The summed E-state index contributed by atoms with van der Waals surface area (Å²) in [6.45, 7) is 6.90. The van der Waals surface area contributed by atoms with Gasteiger partial charge in [0.15, 0.2) is 0 Å². The first kappa shape index (κ1) is 13.1. The van der Waals surface area contributed by atoms with Crippen LogP contribution in [0, 0.1) is 0 Å². The summed E-state index contributed by atoms with van der Waals surface area (Å²) in [4.78, 5) is 16.2. The Labute approximate surface area is 108 Å². The van der Waals surface area contributed by atoms with Crippen molar-refractivity contribution in [3.63, 3.8) is 0 Å². The van der Waals surface area contributed by atoms with Gasteiger partial charge in [-0.1, -0.05) is 0 Å². The average molecular weight is 250 g/mol. The largest absolute Gasteiger partial charge is 0.352 e. The molecule has 18 heavy (non-hydrogen) atoms. The van der Waals surface area contributed by atoms with E-state index in [2.05, 4.69) is 15.6 Å². The number of carbonyl (C=O) groups excluding carboxylic acids is 1. The second-order valence-electron chi connectivity index (χ2n) is 5.21. The molecule has 1 aromatic heterocycles. The van der Waals surface area contributed by atoms with E-state index >= 15 is 0 Å². The van der Waals surface area contributed by atoms with Gasteiger partial charge in [-0.2, -0.15) is 0 Å². The van der Waals surface area contributed by atoms with Gasteiger partial charge in [-0.25, -0.2) is 4.98 Å². The van der Waals surface area contributed by atoms with E-state index in [1.54, 1.807) is 6.33 Å². The van der Waals surface area contributed by atoms with Gasteiger partial charge < -0.3 is 15.2 Å². The summed E-state index contributed by atoms with van der Waals surface area (Å²) >= 11 is 0. The van der Waals surface area contributed by atoms with Crippen LogP contribution in [0.15, 0.2) is 12.5 Å². The highest BCUT2D eigenvalue weighted by molar-refractivity contribution is 5.80. The minimum Gasteiger partial charge on any atom is -0.352 e. The van der Waals surface area contributed by atoms with Crippen LogP contribution in [-0.4, -0.2) is 28.0 Å². The van der Waals surface area contributed by atoms with Crippen LogP contribution in [0.2, 0.25) is 0 Å². The van der Waals surface area contributed by atoms with Crippen LogP contribution in [0.25, 0.3) is 0 Å². The third-order valence-electron chi connectivity index (χ3n) is 3.34. The van der Waals surface area contributed by atoms with E-state index in [1.807, 2.05) is 31.5 Å². The lowest BCUT2D eigenvalue weighted by Gasteiger charge is -2.20. The van der Waals surface area contributed by atoms with Crippen molar-refractivity contribution in [1.82, 2.24) is 20.2 Å². The molecule has 2 atom stereocenters. The minimum atomic E-state index is -0.215. The van der Waals surface area contributed by atoms with Crippen LogP contribution in [0.3, 0.4) is 0 Å². The van der Waals surface area contributed by atoms with Crippen molar-refractivity contribution in [2.45, 2.75) is 51.7 Å². The Balaban J connectivity index is 2.12. The van der Waals surface area contributed by atoms with Crippen LogP contribution in [0.1, 0.15) is 51.4 Å². The molecule has 1 amide bonds. The molecule has 0 aliphatic carbocycles. The zero-order chi connectivity index (χ0) is 13.1. The summed E-state index contributed by atoms with van der Waals surface area (Å²) in [6, 6.07) is 0.283. The predicted molar refractivity (Wildman–Crippen MR) is 70.2 cm³/mol. The van der Waals surface area contributed by atoms with Gasteiger partial charge in [-0.05, 0) is 40.2 Å². The Kier molecular flexibility index (Phi) is 4.01. The second-order valence-corrected chi connectivity index (χ2v) is 5.21. The summed E-state index contributed by atoms with van der Waals surface area (Å²) in [6.07, 6.45) is 5.91. The Morgan fingerprint density at radius 1 is 1.56 bits per heavy atom. The first-order valence-electron chi connectivity index (χ1n) is 6.65. The molecular weight excluding hydrogens is 228 g/mol. The molecule has 5 nitrogen and oxygen atoms in total. The van der Waals surface area contributed by atoms with Gasteiger partial charge in [0.25, 0.3) is 0 Å². The zero-order valence-corrected chi connectivity index (χ0v) is 11.3. The number of imidazole rings is 1. The van der Waals surface area contributed by atoms with E-state index in [0.29, 0.717) is 6.04 Å². The van der Waals surface area contributed by atoms with Crippen LogP contribution in [0.4, 0.5) is 0 Å². The lowest BCUT2D eigenvalue weighted by molar-refractivity contribution is -0.124. The molecule has 0 spiro atoms. The Morgan fingerprint density at radius 3 is 2.94 bits per heavy atom. The molecule has 5 heteroatoms. The second kappa shape index (κ2) is 5.52. The number of amides is 1. The summed E-state index contributed by atoms with van der Waals surface area (Å²) < 4.78 is 1.97. The first-order chi connectivity index (χ1) is 8.59. The number of carbonyl (C=O) groups is 1. The molecule has 0 saturated carbocycles. The van der Waals surface area contributed by atoms with Crippen molar-refractivity contribution < 1.29 is 4.79 Å². The maximum absolute atomic E-state index is 12.0. The molecule has 0 bridgehead atoms. The number of rotatable bonds is 4. The molecule has 0 radical (unpaired) electrons. The average Bonchev–Trinajstić information content (AvgIpc) is 2.97. The first-order valence-corrected chi connectivity index (χ1v) is 6.65. The van der Waals surface area contributed by atoms with Gasteiger partial charge in [0, 0.05) is 18.3 Å². The van der Waals surface area contributed by atoms with Gasteiger partial charge in [0.1, 0.15) is 6.04 Å². The van der Waals surface area contributed by atoms with Gasteiger partial charge in [-0.3, -0.25) is 4.79 Å². The van der Waals surface area contributed by atoms with Crippen molar-refractivity contribution in [3.05, 3.63) is 18.2 Å². The molecule has 1 unspecified atom stereocenters. The van der Waals surface area contributed by atoms with Gasteiger partial charge in [-0.15, -0.1) is 0 Å². The van der Waals surface area contributed by atoms with E-state index in [-0.39, 0.29) is 18.0 Å². The highest BCUT2D eigenvalue weighted by Gasteiger charge is 2.24. The molecule has 1 saturated heterocycles. The van der Waals surface area contributed by atoms with Crippen molar-refractivity contribution in [3.8, 4) is 0 Å². The highest BCUT2D eigenvalue weighted by Crippen LogP contribution is 2.24. The number of nitrogens with zero attached hydrogens (tertiary/aromatic N) is 2. The smallest absolute Gasteiger partial charge is 0.243 e. The third-order valence-corrected chi connectivity index (χ3v) is 3.34. The molecule has 100 valence electrons. The number of hydrogen-bond acceptors (Lipinski definition) is 3. The molecule has 1 aliphatic rings. The lowest BCUT2D eigenvalue weighted by atomic mass is 10.1. The Morgan fingerprint density at radius 2 is 2.33 bits per heavy atom. The van der Waals surface area contributed by atoms with E-state index in [0.717, 1.165) is 18.7 Å². The Bertz CT molecular complexity index is 407. The van der Waals surface area contributed by atoms with E-state index in [4.69, 9.17) is 0 Å². The van der Waals surface area contributed by atoms with Crippen LogP contribution >= 0.6 is 0 Å². The molecule has 1 fully saturated rings. The molecule has 2 N–H and O–H groups in total. The molecular formula is C13H22N4O. The van der Waals surface area contributed by atoms with Gasteiger partial charge in [0.05, 0.1) is 12.0 Å². The molecule has 1 aliphatic heterocycles. The molecule has 2 heterocycles. The van der Waals surface area contributed by atoms with Crippen LogP contribution < -0.4 is 10.6 Å². The topological polar surface area (TPSA) is 59.0 Å². The van der Waals surface area contributed by atoms with Crippen LogP contribution in [-0.2, 0) is 4.79 Å². The van der Waals surface area contributed by atoms with Gasteiger partial charge >= 0.3 is 0 Å². The number of nitrogens with one attached hydrogen (secondary N) is 2. The summed E-state index contributed by atoms with van der Waals surface area (Å²) in [5.41, 5.74) is 1.11. The molecule has 0 aromatic carbocycles. The quantitative estimate of drug-likeness (QED) is 0.849. The van der Waals surface area contributed by atoms with E-state index in [9.17, 15) is 4.79 Å². The van der Waals surface area contributed by atoms with Gasteiger partial charge in [0.2, 0.25) is 5.91 Å². The fraction of sp³-hybridized carbons (Fsp3) is 0.692. The van der Waals surface area contributed by atoms with Crippen molar-refractivity contribution in [2.75, 3.05) is 6.54 Å². The molecule has 2 rings (SSSR count). The maximum Gasteiger partial charge on any atom is 0.243 e. The fourth-order valence-corrected chi connectivity index (χ4v) is 2.38. The van der Waals surface area contributed by atoms with Crippen LogP contribution in [0.5, 0.6) is 0 Å². The van der Waals surface area contributed by atoms with E-state index < -0.39 is 0 Å². The summed E-state index contributed by atoms with van der Waals surface area (Å²) in [5.74, 6) is 0.0437. The predicted octanol–water partition coefficient (Wildman–Crippen LogP) is 1.39. The number of hydrogen-bond donors (Lipinski definition) is 2. The highest BCUT2D eigenvalue weighted by atomic mass is 16.2. The van der Waals surface area contributed by atoms with E-state index in [1.165, 1.54) is 6.42 Å². The van der Waals surface area contributed by atoms with Crippen molar-refractivity contribution in [1.29, 1.82) is 0 Å².